The fraction of sp³-hybridized carbons (Fsp3) is 0.474. The lowest BCUT2D eigenvalue weighted by Gasteiger charge is -2.43. The standard InChI is InChI=1S/C19H24NS2.HI/c1-20(2)15-7-8-16(20)12-14(11-15)13-17(18-5-3-9-21-18)19-6-4-10-22-19;/h3-6,9-10,13-16H,7-8,11-12H2,1-2H3;1H/q+1;/p-1/t14-,15+,16-;. The molecule has 3 atom stereocenters. The quantitative estimate of drug-likeness (QED) is 0.490. The van der Waals surface area contributed by atoms with Crippen molar-refractivity contribution >= 4 is 28.2 Å². The Morgan fingerprint density at radius 1 is 1.00 bits per heavy atom. The second-order valence-electron chi connectivity index (χ2n) is 7.28. The smallest absolute Gasteiger partial charge is 0.0896 e. The number of thiophene rings is 2. The molecule has 2 aliphatic rings. The Labute approximate surface area is 164 Å². The Hall–Kier alpha value is -0.170. The van der Waals surface area contributed by atoms with E-state index in [1.807, 2.05) is 22.7 Å². The van der Waals surface area contributed by atoms with Crippen LogP contribution in [0.3, 0.4) is 0 Å². The largest absolute Gasteiger partial charge is 1.00 e. The van der Waals surface area contributed by atoms with Crippen molar-refractivity contribution in [2.24, 2.45) is 5.92 Å². The average molecular weight is 457 g/mol. The molecule has 2 fully saturated rings. The van der Waals surface area contributed by atoms with Gasteiger partial charge >= 0.3 is 0 Å². The topological polar surface area (TPSA) is 0 Å². The molecule has 0 spiro atoms. The van der Waals surface area contributed by atoms with Crippen LogP contribution in [-0.2, 0) is 0 Å². The van der Waals surface area contributed by atoms with Gasteiger partial charge in [0.2, 0.25) is 0 Å². The van der Waals surface area contributed by atoms with Crippen LogP contribution < -0.4 is 24.0 Å². The van der Waals surface area contributed by atoms with Crippen molar-refractivity contribution in [3.05, 3.63) is 50.9 Å². The zero-order chi connectivity index (χ0) is 15.2. The Kier molecular flexibility index (Phi) is 5.36. The van der Waals surface area contributed by atoms with Gasteiger partial charge in [-0.3, -0.25) is 0 Å². The van der Waals surface area contributed by atoms with E-state index in [1.165, 1.54) is 45.5 Å². The molecule has 0 aliphatic carbocycles. The molecule has 0 N–H and O–H groups in total. The van der Waals surface area contributed by atoms with Crippen molar-refractivity contribution in [2.75, 3.05) is 14.1 Å². The fourth-order valence-corrected chi connectivity index (χ4v) is 6.04. The maximum Gasteiger partial charge on any atom is 0.0896 e. The van der Waals surface area contributed by atoms with E-state index in [-0.39, 0.29) is 24.0 Å². The molecule has 4 heteroatoms. The first-order chi connectivity index (χ1) is 10.6. The lowest BCUT2D eigenvalue weighted by molar-refractivity contribution is -0.931. The highest BCUT2D eigenvalue weighted by molar-refractivity contribution is 7.13. The molecule has 1 nitrogen and oxygen atoms in total. The zero-order valence-corrected chi connectivity index (χ0v) is 17.5. The molecule has 0 amide bonds. The second-order valence-corrected chi connectivity index (χ2v) is 9.18. The highest BCUT2D eigenvalue weighted by Gasteiger charge is 2.48. The molecule has 2 aliphatic heterocycles. The van der Waals surface area contributed by atoms with Gasteiger partial charge in [-0.25, -0.2) is 0 Å². The SMILES string of the molecule is C[N+]1(C)[C@@H]2CC[C@H]1C[C@@H](C=C(c1cccs1)c1cccs1)C2.[I-]. The summed E-state index contributed by atoms with van der Waals surface area (Å²) in [6.45, 7) is 0. The van der Waals surface area contributed by atoms with Crippen LogP contribution in [0.25, 0.3) is 5.57 Å². The van der Waals surface area contributed by atoms with E-state index in [1.54, 1.807) is 0 Å². The first-order valence-corrected chi connectivity index (χ1v) is 10.0. The molecule has 2 aromatic heterocycles. The molecule has 124 valence electrons. The van der Waals surface area contributed by atoms with Crippen LogP contribution in [0.15, 0.2) is 41.1 Å². The van der Waals surface area contributed by atoms with E-state index in [2.05, 4.69) is 55.2 Å². The summed E-state index contributed by atoms with van der Waals surface area (Å²) >= 11 is 3.74. The van der Waals surface area contributed by atoms with Crippen LogP contribution >= 0.6 is 22.7 Å². The van der Waals surface area contributed by atoms with Crippen LogP contribution in [0, 0.1) is 5.92 Å². The van der Waals surface area contributed by atoms with E-state index < -0.39 is 0 Å². The van der Waals surface area contributed by atoms with E-state index >= 15 is 0 Å². The molecule has 23 heavy (non-hydrogen) atoms. The van der Waals surface area contributed by atoms with Gasteiger partial charge in [-0.15, -0.1) is 22.7 Å². The summed E-state index contributed by atoms with van der Waals surface area (Å²) < 4.78 is 1.26. The van der Waals surface area contributed by atoms with Crippen LogP contribution in [-0.4, -0.2) is 30.7 Å². The molecular formula is C19H24INS2. The molecule has 2 aromatic rings. The van der Waals surface area contributed by atoms with Gasteiger partial charge in [0.05, 0.1) is 26.2 Å². The average Bonchev–Trinajstić information content (AvgIpc) is 3.19. The highest BCUT2D eigenvalue weighted by atomic mass is 127. The molecule has 2 saturated heterocycles. The number of piperidine rings is 1. The number of allylic oxidation sites excluding steroid dienone is 1. The minimum Gasteiger partial charge on any atom is -1.00 e. The van der Waals surface area contributed by atoms with Crippen molar-refractivity contribution in [2.45, 2.75) is 37.8 Å². The first-order valence-electron chi connectivity index (χ1n) is 8.27. The number of hydrogen-bond acceptors (Lipinski definition) is 2. The van der Waals surface area contributed by atoms with Gasteiger partial charge in [0.15, 0.2) is 0 Å². The molecule has 0 saturated carbocycles. The molecule has 0 unspecified atom stereocenters. The number of halogens is 1. The third-order valence-electron chi connectivity index (χ3n) is 5.84. The summed E-state index contributed by atoms with van der Waals surface area (Å²) in [6.07, 6.45) is 8.18. The number of nitrogens with zero attached hydrogens (tertiary/aromatic N) is 1. The summed E-state index contributed by atoms with van der Waals surface area (Å²) in [5.41, 5.74) is 1.47. The Bertz CT molecular complexity index is 605. The van der Waals surface area contributed by atoms with E-state index in [4.69, 9.17) is 0 Å². The molecule has 4 heterocycles. The lowest BCUT2D eigenvalue weighted by atomic mass is 9.87. The summed E-state index contributed by atoms with van der Waals surface area (Å²) in [6, 6.07) is 10.6. The number of rotatable bonds is 3. The van der Waals surface area contributed by atoms with Gasteiger partial charge in [-0.05, 0) is 28.8 Å². The van der Waals surface area contributed by atoms with Crippen LogP contribution in [0.4, 0.5) is 0 Å². The molecule has 2 bridgehead atoms. The molecular weight excluding hydrogens is 433 g/mol. The minimum atomic E-state index is 0. The van der Waals surface area contributed by atoms with Crippen molar-refractivity contribution < 1.29 is 28.5 Å². The Morgan fingerprint density at radius 3 is 1.96 bits per heavy atom. The van der Waals surface area contributed by atoms with E-state index in [9.17, 15) is 0 Å². The van der Waals surface area contributed by atoms with Crippen molar-refractivity contribution in [3.8, 4) is 0 Å². The van der Waals surface area contributed by atoms with Gasteiger partial charge in [0, 0.05) is 41.0 Å². The molecule has 0 radical (unpaired) electrons. The molecule has 4 rings (SSSR count). The number of fused-ring (bicyclic) bond motifs is 2. The third kappa shape index (κ3) is 3.32. The zero-order valence-electron chi connectivity index (χ0n) is 13.7. The minimum absolute atomic E-state index is 0. The summed E-state index contributed by atoms with van der Waals surface area (Å²) in [5.74, 6) is 0.753. The van der Waals surface area contributed by atoms with Gasteiger partial charge in [-0.1, -0.05) is 18.2 Å². The normalized spacial score (nSPS) is 28.2. The number of hydrogen-bond donors (Lipinski definition) is 0. The maximum atomic E-state index is 2.60. The van der Waals surface area contributed by atoms with Gasteiger partial charge < -0.3 is 28.5 Å². The predicted octanol–water partition coefficient (Wildman–Crippen LogP) is 2.26. The van der Waals surface area contributed by atoms with Gasteiger partial charge in [0.1, 0.15) is 0 Å². The van der Waals surface area contributed by atoms with Crippen molar-refractivity contribution in [1.82, 2.24) is 0 Å². The van der Waals surface area contributed by atoms with Crippen LogP contribution in [0.1, 0.15) is 35.4 Å². The van der Waals surface area contributed by atoms with Crippen LogP contribution in [0.2, 0.25) is 0 Å². The lowest BCUT2D eigenvalue weighted by Crippen LogP contribution is -3.00. The summed E-state index contributed by atoms with van der Waals surface area (Å²) in [5, 5.41) is 4.39. The highest BCUT2D eigenvalue weighted by Crippen LogP contribution is 2.44. The monoisotopic (exact) mass is 457 g/mol. The van der Waals surface area contributed by atoms with Gasteiger partial charge in [0.25, 0.3) is 0 Å². The van der Waals surface area contributed by atoms with Crippen molar-refractivity contribution in [3.63, 3.8) is 0 Å². The van der Waals surface area contributed by atoms with Gasteiger partial charge in [-0.2, -0.15) is 0 Å². The van der Waals surface area contributed by atoms with E-state index in [0.29, 0.717) is 0 Å². The van der Waals surface area contributed by atoms with Crippen LogP contribution in [0.5, 0.6) is 0 Å². The first kappa shape index (κ1) is 17.6. The number of quaternary nitrogens is 1. The summed E-state index contributed by atoms with van der Waals surface area (Å²) in [7, 11) is 4.89. The molecule has 0 aromatic carbocycles. The predicted molar refractivity (Wildman–Crippen MR) is 97.4 cm³/mol. The Morgan fingerprint density at radius 2 is 1.52 bits per heavy atom. The maximum absolute atomic E-state index is 2.60. The van der Waals surface area contributed by atoms with E-state index in [0.717, 1.165) is 18.0 Å². The fourth-order valence-electron chi connectivity index (χ4n) is 4.44. The summed E-state index contributed by atoms with van der Waals surface area (Å²) in [4.78, 5) is 2.85. The second kappa shape index (κ2) is 6.98. The third-order valence-corrected chi connectivity index (χ3v) is 7.65. The van der Waals surface area contributed by atoms with Crippen molar-refractivity contribution in [1.29, 1.82) is 0 Å². The Balaban J connectivity index is 0.00000156.